The molecule has 0 radical (unpaired) electrons. The molecular weight excluding hydrogens is 372 g/mol. The first-order valence-corrected chi connectivity index (χ1v) is 9.03. The van der Waals surface area contributed by atoms with Crippen LogP contribution in [0.25, 0.3) is 17.1 Å². The highest BCUT2D eigenvalue weighted by molar-refractivity contribution is 8.02. The first kappa shape index (κ1) is 16.8. The molecule has 0 unspecified atom stereocenters. The molecule has 0 spiro atoms. The summed E-state index contributed by atoms with van der Waals surface area (Å²) >= 11 is 7.49. The number of thioether (sulfide) groups is 1. The first-order valence-electron chi connectivity index (χ1n) is 7.77. The molecule has 0 fully saturated rings. The molecule has 0 saturated carbocycles. The van der Waals surface area contributed by atoms with Crippen molar-refractivity contribution < 1.29 is 9.47 Å². The van der Waals surface area contributed by atoms with Gasteiger partial charge in [0, 0.05) is 21.6 Å². The number of ether oxygens (including phenoxy) is 2. The van der Waals surface area contributed by atoms with E-state index >= 15 is 0 Å². The van der Waals surface area contributed by atoms with Gasteiger partial charge in [-0.15, -0.1) is 10.2 Å². The molecule has 132 valence electrons. The van der Waals surface area contributed by atoms with E-state index in [4.69, 9.17) is 21.1 Å². The highest BCUT2D eigenvalue weighted by Crippen LogP contribution is 2.35. The van der Waals surface area contributed by atoms with Crippen LogP contribution >= 0.6 is 23.4 Å². The highest BCUT2D eigenvalue weighted by atomic mass is 35.5. The second kappa shape index (κ2) is 6.93. The SMILES string of the molecule is COc1ccc(-c2nnc3n2NC(c2ccc(Cl)cc2)=CS3)cc1OC. The third-order valence-electron chi connectivity index (χ3n) is 3.94. The van der Waals surface area contributed by atoms with Gasteiger partial charge in [0.05, 0.1) is 19.9 Å². The number of nitrogens with zero attached hydrogens (tertiary/aromatic N) is 3. The Morgan fingerprint density at radius 2 is 1.69 bits per heavy atom. The summed E-state index contributed by atoms with van der Waals surface area (Å²) < 4.78 is 12.5. The van der Waals surface area contributed by atoms with Gasteiger partial charge in [0.2, 0.25) is 5.16 Å². The fourth-order valence-electron chi connectivity index (χ4n) is 2.63. The Labute approximate surface area is 159 Å². The van der Waals surface area contributed by atoms with Crippen molar-refractivity contribution in [1.82, 2.24) is 14.9 Å². The summed E-state index contributed by atoms with van der Waals surface area (Å²) in [5, 5.41) is 12.0. The molecule has 0 bridgehead atoms. The highest BCUT2D eigenvalue weighted by Gasteiger charge is 2.20. The number of nitrogens with one attached hydrogen (secondary N) is 1. The summed E-state index contributed by atoms with van der Waals surface area (Å²) in [7, 11) is 3.22. The largest absolute Gasteiger partial charge is 0.493 e. The lowest BCUT2D eigenvalue weighted by atomic mass is 10.2. The van der Waals surface area contributed by atoms with Crippen molar-refractivity contribution in [3.05, 3.63) is 58.5 Å². The maximum Gasteiger partial charge on any atom is 0.214 e. The van der Waals surface area contributed by atoms with Crippen LogP contribution in [0.1, 0.15) is 5.56 Å². The summed E-state index contributed by atoms with van der Waals surface area (Å²) in [6.07, 6.45) is 0. The van der Waals surface area contributed by atoms with Gasteiger partial charge in [0.1, 0.15) is 0 Å². The normalized spacial score (nSPS) is 12.8. The standard InChI is InChI=1S/C18H15ClN4O2S/c1-24-15-8-5-12(9-16(15)25-2)17-20-21-18-23(17)22-14(10-26-18)11-3-6-13(19)7-4-11/h3-10,22H,1-2H3. The molecule has 0 atom stereocenters. The van der Waals surface area contributed by atoms with Crippen molar-refractivity contribution in [1.29, 1.82) is 0 Å². The minimum absolute atomic E-state index is 0.638. The Hall–Kier alpha value is -2.64. The Morgan fingerprint density at radius 1 is 0.962 bits per heavy atom. The van der Waals surface area contributed by atoms with E-state index in [1.165, 1.54) is 11.8 Å². The molecule has 2 heterocycles. The second-order valence-electron chi connectivity index (χ2n) is 5.48. The number of fused-ring (bicyclic) bond motifs is 1. The predicted molar refractivity (Wildman–Crippen MR) is 103 cm³/mol. The van der Waals surface area contributed by atoms with E-state index in [-0.39, 0.29) is 0 Å². The lowest BCUT2D eigenvalue weighted by molar-refractivity contribution is 0.355. The molecule has 4 rings (SSSR count). The number of rotatable bonds is 4. The monoisotopic (exact) mass is 386 g/mol. The molecule has 2 aromatic carbocycles. The minimum atomic E-state index is 0.638. The van der Waals surface area contributed by atoms with Crippen LogP contribution in [0.15, 0.2) is 53.0 Å². The lowest BCUT2D eigenvalue weighted by Gasteiger charge is -2.19. The Bertz CT molecular complexity index is 985. The van der Waals surface area contributed by atoms with Gasteiger partial charge in [-0.05, 0) is 30.3 Å². The van der Waals surface area contributed by atoms with E-state index in [0.29, 0.717) is 22.3 Å². The van der Waals surface area contributed by atoms with E-state index in [9.17, 15) is 0 Å². The maximum atomic E-state index is 5.98. The third kappa shape index (κ3) is 3.00. The van der Waals surface area contributed by atoms with Crippen molar-refractivity contribution in [2.75, 3.05) is 19.6 Å². The molecule has 1 aliphatic rings. The molecule has 8 heteroatoms. The summed E-state index contributed by atoms with van der Waals surface area (Å²) in [6, 6.07) is 13.3. The van der Waals surface area contributed by atoms with Crippen LogP contribution in [0.5, 0.6) is 11.5 Å². The minimum Gasteiger partial charge on any atom is -0.493 e. The number of hydrogen-bond acceptors (Lipinski definition) is 6. The molecule has 0 aliphatic carbocycles. The first-order chi connectivity index (χ1) is 12.7. The van der Waals surface area contributed by atoms with Gasteiger partial charge in [0.25, 0.3) is 0 Å². The summed E-state index contributed by atoms with van der Waals surface area (Å²) in [5.41, 5.74) is 6.20. The summed E-state index contributed by atoms with van der Waals surface area (Å²) in [6.45, 7) is 0. The average molecular weight is 387 g/mol. The number of benzene rings is 2. The molecule has 1 aliphatic heterocycles. The molecule has 26 heavy (non-hydrogen) atoms. The van der Waals surface area contributed by atoms with Crippen LogP contribution in [0, 0.1) is 0 Å². The zero-order valence-electron chi connectivity index (χ0n) is 14.1. The van der Waals surface area contributed by atoms with Gasteiger partial charge in [-0.2, -0.15) is 0 Å². The molecule has 0 amide bonds. The molecule has 0 saturated heterocycles. The second-order valence-corrected chi connectivity index (χ2v) is 6.75. The average Bonchev–Trinajstić information content (AvgIpc) is 3.11. The number of hydrogen-bond donors (Lipinski definition) is 1. The zero-order chi connectivity index (χ0) is 18.1. The predicted octanol–water partition coefficient (Wildman–Crippen LogP) is 4.26. The van der Waals surface area contributed by atoms with E-state index < -0.39 is 0 Å². The quantitative estimate of drug-likeness (QED) is 0.722. The van der Waals surface area contributed by atoms with Crippen LogP contribution in [0.4, 0.5) is 0 Å². The van der Waals surface area contributed by atoms with Crippen molar-refractivity contribution >= 4 is 29.1 Å². The number of methoxy groups -OCH3 is 2. The summed E-state index contributed by atoms with van der Waals surface area (Å²) in [4.78, 5) is 0. The Morgan fingerprint density at radius 3 is 2.42 bits per heavy atom. The number of aromatic nitrogens is 3. The lowest BCUT2D eigenvalue weighted by Crippen LogP contribution is -2.18. The Balaban J connectivity index is 1.69. The topological polar surface area (TPSA) is 61.2 Å². The Kier molecular flexibility index (Phi) is 4.48. The van der Waals surface area contributed by atoms with Gasteiger partial charge in [-0.25, -0.2) is 4.68 Å². The third-order valence-corrected chi connectivity index (χ3v) is 5.03. The smallest absolute Gasteiger partial charge is 0.214 e. The van der Waals surface area contributed by atoms with Crippen LogP contribution < -0.4 is 14.9 Å². The van der Waals surface area contributed by atoms with E-state index in [0.717, 1.165) is 22.0 Å². The van der Waals surface area contributed by atoms with Gasteiger partial charge < -0.3 is 9.47 Å². The molecule has 1 aromatic heterocycles. The van der Waals surface area contributed by atoms with Crippen molar-refractivity contribution in [3.63, 3.8) is 0 Å². The van der Waals surface area contributed by atoms with Crippen LogP contribution in [0.3, 0.4) is 0 Å². The van der Waals surface area contributed by atoms with Crippen LogP contribution in [-0.2, 0) is 0 Å². The fourth-order valence-corrected chi connectivity index (χ4v) is 3.49. The van der Waals surface area contributed by atoms with Crippen molar-refractivity contribution in [3.8, 4) is 22.9 Å². The van der Waals surface area contributed by atoms with E-state index in [2.05, 4.69) is 15.6 Å². The molecule has 3 aromatic rings. The fraction of sp³-hybridized carbons (Fsp3) is 0.111. The van der Waals surface area contributed by atoms with E-state index in [1.54, 1.807) is 14.2 Å². The maximum absolute atomic E-state index is 5.98. The van der Waals surface area contributed by atoms with Gasteiger partial charge in [-0.1, -0.05) is 35.5 Å². The summed E-state index contributed by atoms with van der Waals surface area (Å²) in [5.74, 6) is 1.99. The van der Waals surface area contributed by atoms with Gasteiger partial charge in [0.15, 0.2) is 17.3 Å². The zero-order valence-corrected chi connectivity index (χ0v) is 15.6. The van der Waals surface area contributed by atoms with Crippen molar-refractivity contribution in [2.45, 2.75) is 5.16 Å². The number of halogens is 1. The van der Waals surface area contributed by atoms with Crippen LogP contribution in [-0.4, -0.2) is 29.1 Å². The molecule has 1 N–H and O–H groups in total. The van der Waals surface area contributed by atoms with Crippen LogP contribution in [0.2, 0.25) is 5.02 Å². The molecule has 6 nitrogen and oxygen atoms in total. The van der Waals surface area contributed by atoms with E-state index in [1.807, 2.05) is 52.5 Å². The van der Waals surface area contributed by atoms with Gasteiger partial charge >= 0.3 is 0 Å². The van der Waals surface area contributed by atoms with Crippen molar-refractivity contribution in [2.24, 2.45) is 0 Å². The molecular formula is C18H15ClN4O2S. The van der Waals surface area contributed by atoms with Gasteiger partial charge in [-0.3, -0.25) is 5.43 Å².